The van der Waals surface area contributed by atoms with E-state index >= 15 is 0 Å². The Morgan fingerprint density at radius 1 is 1.47 bits per heavy atom. The van der Waals surface area contributed by atoms with Crippen LogP contribution in [0.2, 0.25) is 0 Å². The lowest BCUT2D eigenvalue weighted by Gasteiger charge is -2.08. The summed E-state index contributed by atoms with van der Waals surface area (Å²) in [6, 6.07) is 1.83. The number of aryl methyl sites for hydroxylation is 1. The predicted molar refractivity (Wildman–Crippen MR) is 59.5 cm³/mol. The summed E-state index contributed by atoms with van der Waals surface area (Å²) in [7, 11) is 0. The van der Waals surface area contributed by atoms with Crippen LogP contribution in [-0.4, -0.2) is 15.2 Å². The van der Waals surface area contributed by atoms with E-state index in [-0.39, 0.29) is 6.04 Å². The van der Waals surface area contributed by atoms with Crippen molar-refractivity contribution in [3.05, 3.63) is 40.1 Å². The van der Waals surface area contributed by atoms with Crippen LogP contribution in [0.15, 0.2) is 23.8 Å². The molecule has 2 aromatic rings. The van der Waals surface area contributed by atoms with Crippen LogP contribution in [0.4, 0.5) is 0 Å². The molecule has 5 heteroatoms. The first-order valence-corrected chi connectivity index (χ1v) is 5.57. The first kappa shape index (κ1) is 10.2. The molecule has 0 saturated carbocycles. The maximum absolute atomic E-state index is 6.03. The minimum Gasteiger partial charge on any atom is -0.324 e. The fraction of sp³-hybridized carbons (Fsp3) is 0.300. The maximum atomic E-state index is 6.03. The highest BCUT2D eigenvalue weighted by molar-refractivity contribution is 7.09. The van der Waals surface area contributed by atoms with Crippen LogP contribution in [-0.2, 0) is 6.42 Å². The highest BCUT2D eigenvalue weighted by Gasteiger charge is 2.09. The zero-order valence-electron chi connectivity index (χ0n) is 8.42. The second kappa shape index (κ2) is 4.46. The molecule has 1 unspecified atom stereocenters. The smallest absolute Gasteiger partial charge is 0.0897 e. The third kappa shape index (κ3) is 2.57. The normalized spacial score (nSPS) is 12.7. The summed E-state index contributed by atoms with van der Waals surface area (Å²) in [6.45, 7) is 1.99. The molecule has 0 saturated heterocycles. The van der Waals surface area contributed by atoms with Gasteiger partial charge in [-0.2, -0.15) is 10.2 Å². The number of thiazole rings is 1. The van der Waals surface area contributed by atoms with Gasteiger partial charge in [0.05, 0.1) is 16.9 Å². The van der Waals surface area contributed by atoms with Gasteiger partial charge in [-0.05, 0) is 18.6 Å². The van der Waals surface area contributed by atoms with Gasteiger partial charge in [0.2, 0.25) is 0 Å². The number of aromatic nitrogens is 3. The number of hydrogen-bond donors (Lipinski definition) is 1. The molecule has 1 atom stereocenters. The Morgan fingerprint density at radius 2 is 2.33 bits per heavy atom. The average molecular weight is 220 g/mol. The van der Waals surface area contributed by atoms with Gasteiger partial charge in [-0.25, -0.2) is 4.98 Å². The lowest BCUT2D eigenvalue weighted by atomic mass is 10.1. The molecule has 78 valence electrons. The lowest BCUT2D eigenvalue weighted by molar-refractivity contribution is 0.701. The van der Waals surface area contributed by atoms with Gasteiger partial charge in [-0.15, -0.1) is 11.3 Å². The second-order valence-electron chi connectivity index (χ2n) is 3.34. The quantitative estimate of drug-likeness (QED) is 0.851. The summed E-state index contributed by atoms with van der Waals surface area (Å²) in [5.74, 6) is 0. The van der Waals surface area contributed by atoms with Crippen molar-refractivity contribution in [1.82, 2.24) is 15.2 Å². The van der Waals surface area contributed by atoms with Crippen LogP contribution in [0.3, 0.4) is 0 Å². The van der Waals surface area contributed by atoms with E-state index in [0.717, 1.165) is 22.7 Å². The largest absolute Gasteiger partial charge is 0.324 e. The van der Waals surface area contributed by atoms with Gasteiger partial charge in [-0.3, -0.25) is 0 Å². The molecule has 0 spiro atoms. The van der Waals surface area contributed by atoms with Crippen molar-refractivity contribution >= 4 is 11.3 Å². The highest BCUT2D eigenvalue weighted by atomic mass is 32.1. The van der Waals surface area contributed by atoms with Crippen LogP contribution in [0.5, 0.6) is 0 Å². The molecule has 2 aromatic heterocycles. The second-order valence-corrected chi connectivity index (χ2v) is 4.41. The third-order valence-corrected chi connectivity index (χ3v) is 2.95. The van der Waals surface area contributed by atoms with E-state index in [1.807, 2.05) is 18.4 Å². The molecule has 2 heterocycles. The van der Waals surface area contributed by atoms with E-state index < -0.39 is 0 Å². The summed E-state index contributed by atoms with van der Waals surface area (Å²) < 4.78 is 0. The Balaban J connectivity index is 2.07. The zero-order chi connectivity index (χ0) is 10.7. The van der Waals surface area contributed by atoms with Crippen LogP contribution in [0.25, 0.3) is 0 Å². The van der Waals surface area contributed by atoms with Crippen LogP contribution >= 0.6 is 11.3 Å². The molecule has 4 nitrogen and oxygen atoms in total. The first-order chi connectivity index (χ1) is 7.25. The summed E-state index contributed by atoms with van der Waals surface area (Å²) in [5, 5.41) is 10.6. The minimum atomic E-state index is -0.0537. The van der Waals surface area contributed by atoms with E-state index in [9.17, 15) is 0 Å². The van der Waals surface area contributed by atoms with Crippen molar-refractivity contribution in [1.29, 1.82) is 0 Å². The van der Waals surface area contributed by atoms with Crippen molar-refractivity contribution in [2.45, 2.75) is 19.4 Å². The van der Waals surface area contributed by atoms with Gasteiger partial charge in [0.1, 0.15) is 0 Å². The molecule has 0 aliphatic heterocycles. The number of nitrogens with two attached hydrogens (primary N) is 1. The van der Waals surface area contributed by atoms with E-state index in [1.54, 1.807) is 23.7 Å². The van der Waals surface area contributed by atoms with Gasteiger partial charge in [0.15, 0.2) is 0 Å². The fourth-order valence-corrected chi connectivity index (χ4v) is 1.99. The van der Waals surface area contributed by atoms with E-state index in [2.05, 4.69) is 15.2 Å². The van der Waals surface area contributed by atoms with E-state index in [4.69, 9.17) is 5.73 Å². The van der Waals surface area contributed by atoms with Gasteiger partial charge in [0, 0.05) is 24.0 Å². The van der Waals surface area contributed by atoms with Crippen LogP contribution in [0.1, 0.15) is 22.3 Å². The van der Waals surface area contributed by atoms with Crippen molar-refractivity contribution in [2.75, 3.05) is 0 Å². The van der Waals surface area contributed by atoms with Crippen molar-refractivity contribution < 1.29 is 0 Å². The Morgan fingerprint density at radius 3 is 2.93 bits per heavy atom. The summed E-state index contributed by atoms with van der Waals surface area (Å²) >= 11 is 1.65. The van der Waals surface area contributed by atoms with E-state index in [0.29, 0.717) is 0 Å². The molecule has 0 aliphatic carbocycles. The molecule has 0 aliphatic rings. The van der Waals surface area contributed by atoms with E-state index in [1.165, 1.54) is 0 Å². The molecule has 15 heavy (non-hydrogen) atoms. The molecular formula is C10H12N4S. The highest BCUT2D eigenvalue weighted by Crippen LogP contribution is 2.16. The molecule has 0 bridgehead atoms. The number of hydrogen-bond acceptors (Lipinski definition) is 5. The molecule has 0 fully saturated rings. The third-order valence-electron chi connectivity index (χ3n) is 2.13. The first-order valence-electron chi connectivity index (χ1n) is 4.69. The molecule has 0 amide bonds. The molecule has 2 N–H and O–H groups in total. The monoisotopic (exact) mass is 220 g/mol. The molecule has 0 aromatic carbocycles. The summed E-state index contributed by atoms with van der Waals surface area (Å²) in [4.78, 5) is 4.38. The molecule has 2 rings (SSSR count). The Hall–Kier alpha value is -1.33. The van der Waals surface area contributed by atoms with Crippen LogP contribution < -0.4 is 5.73 Å². The Kier molecular flexibility index (Phi) is 3.03. The van der Waals surface area contributed by atoms with Crippen molar-refractivity contribution in [3.8, 4) is 0 Å². The summed E-state index contributed by atoms with van der Waals surface area (Å²) in [5.41, 5.74) is 8.07. The van der Waals surface area contributed by atoms with Gasteiger partial charge in [0.25, 0.3) is 0 Å². The predicted octanol–water partition coefficient (Wildman–Crippen LogP) is 1.48. The van der Waals surface area contributed by atoms with Gasteiger partial charge >= 0.3 is 0 Å². The van der Waals surface area contributed by atoms with Gasteiger partial charge in [-0.1, -0.05) is 0 Å². The average Bonchev–Trinajstić information content (AvgIpc) is 2.65. The topological polar surface area (TPSA) is 64.7 Å². The van der Waals surface area contributed by atoms with Crippen molar-refractivity contribution in [2.24, 2.45) is 5.73 Å². The number of rotatable bonds is 3. The fourth-order valence-electron chi connectivity index (χ4n) is 1.37. The van der Waals surface area contributed by atoms with Gasteiger partial charge < -0.3 is 5.73 Å². The summed E-state index contributed by atoms with van der Waals surface area (Å²) in [6.07, 6.45) is 4.10. The lowest BCUT2D eigenvalue weighted by Crippen LogP contribution is -2.13. The van der Waals surface area contributed by atoms with Crippen LogP contribution in [0, 0.1) is 6.92 Å². The standard InChI is InChI=1S/C10H12N4S/c1-7-14-9(6-15-7)4-10(11)8-2-3-12-13-5-8/h2-3,5-6,10H,4,11H2,1H3. The zero-order valence-corrected chi connectivity index (χ0v) is 9.24. The SMILES string of the molecule is Cc1nc(CC(N)c2ccnnc2)cs1. The maximum Gasteiger partial charge on any atom is 0.0897 e. The van der Waals surface area contributed by atoms with Crippen molar-refractivity contribution in [3.63, 3.8) is 0 Å². The number of nitrogens with zero attached hydrogens (tertiary/aromatic N) is 3. The Bertz CT molecular complexity index is 426. The minimum absolute atomic E-state index is 0.0537. The molecular weight excluding hydrogens is 208 g/mol. The Labute approximate surface area is 92.2 Å². The molecule has 0 radical (unpaired) electrons.